The molecule has 13 heavy (non-hydrogen) atoms. The van der Waals surface area contributed by atoms with Crippen LogP contribution >= 0.6 is 0 Å². The quantitative estimate of drug-likeness (QED) is 0.607. The first-order valence-electron chi connectivity index (χ1n) is 4.85. The van der Waals surface area contributed by atoms with Crippen LogP contribution in [0.1, 0.15) is 41.0 Å². The number of aliphatic hydroxyl groups is 1. The zero-order valence-corrected chi connectivity index (χ0v) is 9.31. The van der Waals surface area contributed by atoms with E-state index in [9.17, 15) is 5.11 Å². The van der Waals surface area contributed by atoms with E-state index in [0.29, 0.717) is 0 Å². The normalized spacial score (nSPS) is 29.7. The van der Waals surface area contributed by atoms with Crippen LogP contribution in [0.5, 0.6) is 0 Å². The van der Waals surface area contributed by atoms with Gasteiger partial charge in [0.15, 0.2) is 0 Å². The van der Waals surface area contributed by atoms with Gasteiger partial charge in [-0.3, -0.25) is 0 Å². The summed E-state index contributed by atoms with van der Waals surface area (Å²) in [5.41, 5.74) is 1.96. The van der Waals surface area contributed by atoms with E-state index < -0.39 is 5.60 Å². The lowest BCUT2D eigenvalue weighted by atomic mass is 9.78. The van der Waals surface area contributed by atoms with Crippen molar-refractivity contribution >= 4 is 0 Å². The lowest BCUT2D eigenvalue weighted by Crippen LogP contribution is -2.28. The van der Waals surface area contributed by atoms with Crippen LogP contribution in [0.4, 0.5) is 0 Å². The molecule has 0 aromatic heterocycles. The molecule has 0 aliphatic heterocycles. The third-order valence-corrected chi connectivity index (χ3v) is 2.81. The van der Waals surface area contributed by atoms with Crippen molar-refractivity contribution in [3.8, 4) is 0 Å². The Morgan fingerprint density at radius 2 is 1.92 bits per heavy atom. The Hall–Kier alpha value is -0.560. The molecular formula is C12H20O. The van der Waals surface area contributed by atoms with Gasteiger partial charge in [-0.05, 0) is 36.8 Å². The third kappa shape index (κ3) is 2.22. The third-order valence-electron chi connectivity index (χ3n) is 2.81. The summed E-state index contributed by atoms with van der Waals surface area (Å²) < 4.78 is 0. The van der Waals surface area contributed by atoms with Gasteiger partial charge < -0.3 is 5.11 Å². The molecule has 0 aromatic carbocycles. The van der Waals surface area contributed by atoms with Crippen molar-refractivity contribution in [2.75, 3.05) is 0 Å². The maximum absolute atomic E-state index is 9.91. The van der Waals surface area contributed by atoms with E-state index in [1.165, 1.54) is 5.57 Å². The fourth-order valence-electron chi connectivity index (χ4n) is 1.44. The average Bonchev–Trinajstić information content (AvgIpc) is 1.92. The Labute approximate surface area is 81.2 Å². The van der Waals surface area contributed by atoms with Crippen molar-refractivity contribution in [3.05, 3.63) is 23.3 Å². The second kappa shape index (κ2) is 2.98. The Morgan fingerprint density at radius 3 is 2.31 bits per heavy atom. The summed E-state index contributed by atoms with van der Waals surface area (Å²) in [6.45, 7) is 10.5. The maximum atomic E-state index is 9.91. The summed E-state index contributed by atoms with van der Waals surface area (Å²) in [6, 6.07) is 0. The highest BCUT2D eigenvalue weighted by atomic mass is 16.3. The van der Waals surface area contributed by atoms with Gasteiger partial charge in [0.1, 0.15) is 0 Å². The lowest BCUT2D eigenvalue weighted by Gasteiger charge is -2.31. The van der Waals surface area contributed by atoms with Crippen LogP contribution in [-0.4, -0.2) is 10.7 Å². The van der Waals surface area contributed by atoms with Crippen molar-refractivity contribution in [2.24, 2.45) is 5.41 Å². The van der Waals surface area contributed by atoms with E-state index >= 15 is 0 Å². The fraction of sp³-hybridized carbons (Fsp3) is 0.667. The van der Waals surface area contributed by atoms with Gasteiger partial charge in [-0.1, -0.05) is 32.9 Å². The molecule has 0 fully saturated rings. The Kier molecular flexibility index (Phi) is 2.42. The monoisotopic (exact) mass is 180 g/mol. The molecule has 1 aliphatic carbocycles. The van der Waals surface area contributed by atoms with Gasteiger partial charge in [-0.25, -0.2) is 0 Å². The number of rotatable bonds is 0. The van der Waals surface area contributed by atoms with Crippen LogP contribution in [0.15, 0.2) is 23.3 Å². The maximum Gasteiger partial charge on any atom is 0.0863 e. The van der Waals surface area contributed by atoms with E-state index in [1.54, 1.807) is 0 Å². The lowest BCUT2D eigenvalue weighted by molar-refractivity contribution is 0.0994. The van der Waals surface area contributed by atoms with Crippen molar-refractivity contribution < 1.29 is 5.11 Å². The van der Waals surface area contributed by atoms with Gasteiger partial charge in [0.25, 0.3) is 0 Å². The minimum atomic E-state index is -0.630. The van der Waals surface area contributed by atoms with Crippen molar-refractivity contribution in [2.45, 2.75) is 46.6 Å². The number of allylic oxidation sites excluding steroid dienone is 2. The molecular weight excluding hydrogens is 160 g/mol. The molecule has 0 aromatic rings. The molecule has 1 aliphatic rings. The van der Waals surface area contributed by atoms with Crippen LogP contribution < -0.4 is 0 Å². The molecule has 1 heteroatoms. The van der Waals surface area contributed by atoms with Gasteiger partial charge in [0.2, 0.25) is 0 Å². The van der Waals surface area contributed by atoms with Gasteiger partial charge in [-0.2, -0.15) is 0 Å². The summed E-state index contributed by atoms with van der Waals surface area (Å²) >= 11 is 0. The highest BCUT2D eigenvalue weighted by molar-refractivity contribution is 5.36. The van der Waals surface area contributed by atoms with Crippen molar-refractivity contribution in [1.29, 1.82) is 0 Å². The molecule has 0 saturated heterocycles. The molecule has 0 saturated carbocycles. The minimum absolute atomic E-state index is 0.192. The highest BCUT2D eigenvalue weighted by Gasteiger charge is 2.27. The molecule has 1 unspecified atom stereocenters. The van der Waals surface area contributed by atoms with Crippen LogP contribution in [0.3, 0.4) is 0 Å². The van der Waals surface area contributed by atoms with Crippen molar-refractivity contribution in [3.63, 3.8) is 0 Å². The number of hydrogen-bond donors (Lipinski definition) is 1. The smallest absolute Gasteiger partial charge is 0.0863 e. The van der Waals surface area contributed by atoms with Gasteiger partial charge in [0.05, 0.1) is 5.60 Å². The topological polar surface area (TPSA) is 20.2 Å². The first-order valence-corrected chi connectivity index (χ1v) is 4.85. The van der Waals surface area contributed by atoms with Crippen molar-refractivity contribution in [1.82, 2.24) is 0 Å². The van der Waals surface area contributed by atoms with Crippen LogP contribution in [-0.2, 0) is 0 Å². The van der Waals surface area contributed by atoms with Crippen LogP contribution in [0, 0.1) is 5.41 Å². The van der Waals surface area contributed by atoms with E-state index in [-0.39, 0.29) is 5.41 Å². The Morgan fingerprint density at radius 1 is 1.38 bits per heavy atom. The molecule has 1 nitrogen and oxygen atoms in total. The minimum Gasteiger partial charge on any atom is -0.385 e. The first-order chi connectivity index (χ1) is 5.73. The second-order valence-electron chi connectivity index (χ2n) is 5.21. The van der Waals surface area contributed by atoms with Gasteiger partial charge >= 0.3 is 0 Å². The molecule has 1 atom stereocenters. The largest absolute Gasteiger partial charge is 0.385 e. The predicted octanol–water partition coefficient (Wildman–Crippen LogP) is 3.06. The summed E-state index contributed by atoms with van der Waals surface area (Å²) in [6.07, 6.45) is 5.00. The fourth-order valence-corrected chi connectivity index (χ4v) is 1.44. The molecule has 1 rings (SSSR count). The zero-order valence-electron chi connectivity index (χ0n) is 9.31. The molecule has 0 radical (unpaired) electrons. The zero-order chi connectivity index (χ0) is 10.3. The van der Waals surface area contributed by atoms with Gasteiger partial charge in [-0.15, -0.1) is 0 Å². The Balaban J connectivity index is 2.95. The summed E-state index contributed by atoms with van der Waals surface area (Å²) in [7, 11) is 0. The average molecular weight is 180 g/mol. The molecule has 0 bridgehead atoms. The van der Waals surface area contributed by atoms with E-state index in [1.807, 2.05) is 13.8 Å². The molecule has 74 valence electrons. The molecule has 1 N–H and O–H groups in total. The summed E-state index contributed by atoms with van der Waals surface area (Å²) in [5, 5.41) is 9.91. The standard InChI is InChI=1S/C12H20O/c1-9-8-10(11(2,3)4)6-7-12(9,5)13/h6,8,13H,7H2,1-5H3. The van der Waals surface area contributed by atoms with E-state index in [4.69, 9.17) is 0 Å². The van der Waals surface area contributed by atoms with E-state index in [2.05, 4.69) is 32.9 Å². The summed E-state index contributed by atoms with van der Waals surface area (Å²) in [4.78, 5) is 0. The Bertz CT molecular complexity index is 261. The number of hydrogen-bond acceptors (Lipinski definition) is 1. The molecule has 0 heterocycles. The van der Waals surface area contributed by atoms with Crippen LogP contribution in [0.2, 0.25) is 0 Å². The highest BCUT2D eigenvalue weighted by Crippen LogP contribution is 2.35. The van der Waals surface area contributed by atoms with Crippen LogP contribution in [0.25, 0.3) is 0 Å². The molecule has 0 spiro atoms. The first kappa shape index (κ1) is 10.5. The predicted molar refractivity (Wildman–Crippen MR) is 56.5 cm³/mol. The summed E-state index contributed by atoms with van der Waals surface area (Å²) in [5.74, 6) is 0. The van der Waals surface area contributed by atoms with E-state index in [0.717, 1.165) is 12.0 Å². The second-order valence-corrected chi connectivity index (χ2v) is 5.21. The molecule has 0 amide bonds. The van der Waals surface area contributed by atoms with Gasteiger partial charge in [0, 0.05) is 0 Å². The SMILES string of the molecule is CC1=CC(C(C)(C)C)=CCC1(C)O.